The van der Waals surface area contributed by atoms with Crippen LogP contribution in [0.3, 0.4) is 0 Å². The van der Waals surface area contributed by atoms with Crippen molar-refractivity contribution in [1.82, 2.24) is 19.5 Å². The Morgan fingerprint density at radius 1 is 1.18 bits per heavy atom. The van der Waals surface area contributed by atoms with E-state index in [1.807, 2.05) is 4.90 Å². The molecule has 4 heterocycles. The van der Waals surface area contributed by atoms with E-state index < -0.39 is 33.9 Å². The highest BCUT2D eigenvalue weighted by Gasteiger charge is 2.54. The number of benzene rings is 1. The molecule has 1 saturated carbocycles. The van der Waals surface area contributed by atoms with Crippen LogP contribution in [-0.4, -0.2) is 65.1 Å². The van der Waals surface area contributed by atoms with Crippen molar-refractivity contribution in [2.45, 2.75) is 43.3 Å². The Balaban J connectivity index is 1.28. The number of rotatable bonds is 4. The molecular formula is C25H25ClF3N5O3S. The molecule has 1 saturated heterocycles. The predicted molar refractivity (Wildman–Crippen MR) is 135 cm³/mol. The summed E-state index contributed by atoms with van der Waals surface area (Å²) in [7, 11) is -2.10. The Morgan fingerprint density at radius 3 is 2.45 bits per heavy atom. The summed E-state index contributed by atoms with van der Waals surface area (Å²) in [4.78, 5) is 20.2. The second-order valence-corrected chi connectivity index (χ2v) is 13.2. The monoisotopic (exact) mass is 567 g/mol. The van der Waals surface area contributed by atoms with E-state index in [4.69, 9.17) is 11.6 Å². The van der Waals surface area contributed by atoms with Crippen LogP contribution in [0.15, 0.2) is 36.5 Å². The molecule has 2 aromatic heterocycles. The lowest BCUT2D eigenvalue weighted by atomic mass is 9.98. The summed E-state index contributed by atoms with van der Waals surface area (Å²) >= 11 is 6.11. The number of alkyl halides is 3. The SMILES string of the molecule is CN(C(=O)C1CCS(=O)(=O)CC1)[C@@H](c1ccc(N2CC3(CC3)c3c2cnc2cc(Cl)nn32)cc1)C(F)(F)F. The van der Waals surface area contributed by atoms with Gasteiger partial charge in [0, 0.05) is 36.7 Å². The number of sulfone groups is 1. The second kappa shape index (κ2) is 8.57. The predicted octanol–water partition coefficient (Wildman–Crippen LogP) is 4.45. The maximum atomic E-state index is 14.2. The molecule has 1 spiro atoms. The maximum absolute atomic E-state index is 14.2. The van der Waals surface area contributed by atoms with Crippen LogP contribution < -0.4 is 4.90 Å². The van der Waals surface area contributed by atoms with E-state index >= 15 is 0 Å². The van der Waals surface area contributed by atoms with Gasteiger partial charge in [0.1, 0.15) is 9.84 Å². The van der Waals surface area contributed by atoms with E-state index in [0.29, 0.717) is 27.9 Å². The smallest absolute Gasteiger partial charge is 0.338 e. The molecular weight excluding hydrogens is 543 g/mol. The summed E-state index contributed by atoms with van der Waals surface area (Å²) in [6.45, 7) is 0.658. The van der Waals surface area contributed by atoms with Crippen LogP contribution in [0.5, 0.6) is 0 Å². The zero-order valence-electron chi connectivity index (χ0n) is 20.4. The van der Waals surface area contributed by atoms with Gasteiger partial charge in [-0.3, -0.25) is 4.79 Å². The molecule has 0 radical (unpaired) electrons. The highest BCUT2D eigenvalue weighted by Crippen LogP contribution is 2.57. The van der Waals surface area contributed by atoms with Crippen LogP contribution in [0.4, 0.5) is 24.5 Å². The largest absolute Gasteiger partial charge is 0.413 e. The van der Waals surface area contributed by atoms with Gasteiger partial charge in [-0.2, -0.15) is 18.3 Å². The van der Waals surface area contributed by atoms with E-state index in [2.05, 4.69) is 10.1 Å². The molecule has 6 rings (SSSR count). The molecule has 2 fully saturated rings. The second-order valence-electron chi connectivity index (χ2n) is 10.5. The highest BCUT2D eigenvalue weighted by atomic mass is 35.5. The first kappa shape index (κ1) is 25.4. The number of hydrogen-bond donors (Lipinski definition) is 0. The van der Waals surface area contributed by atoms with Gasteiger partial charge in [-0.1, -0.05) is 23.7 Å². The normalized spacial score (nSPS) is 21.0. The first-order chi connectivity index (χ1) is 17.9. The number of anilines is 2. The van der Waals surface area contributed by atoms with Crippen molar-refractivity contribution in [3.05, 3.63) is 52.9 Å². The van der Waals surface area contributed by atoms with Gasteiger partial charge in [0.15, 0.2) is 16.8 Å². The van der Waals surface area contributed by atoms with Crippen LogP contribution in [-0.2, 0) is 20.0 Å². The lowest BCUT2D eigenvalue weighted by Gasteiger charge is -2.34. The van der Waals surface area contributed by atoms with E-state index in [-0.39, 0.29) is 35.3 Å². The fraction of sp³-hybridized carbons (Fsp3) is 0.480. The lowest BCUT2D eigenvalue weighted by molar-refractivity contribution is -0.190. The molecule has 3 aliphatic rings. The maximum Gasteiger partial charge on any atom is 0.413 e. The lowest BCUT2D eigenvalue weighted by Crippen LogP contribution is -2.44. The molecule has 13 heteroatoms. The molecule has 8 nitrogen and oxygen atoms in total. The van der Waals surface area contributed by atoms with Gasteiger partial charge in [0.2, 0.25) is 5.91 Å². The van der Waals surface area contributed by atoms with Crippen molar-refractivity contribution in [3.8, 4) is 0 Å². The molecule has 1 aromatic carbocycles. The number of aromatic nitrogens is 3. The molecule has 2 aliphatic heterocycles. The van der Waals surface area contributed by atoms with Crippen molar-refractivity contribution in [2.24, 2.45) is 5.92 Å². The molecule has 0 N–H and O–H groups in total. The summed E-state index contributed by atoms with van der Waals surface area (Å²) in [5, 5.41) is 4.74. The molecule has 38 heavy (non-hydrogen) atoms. The van der Waals surface area contributed by atoms with E-state index in [1.165, 1.54) is 12.1 Å². The average molecular weight is 568 g/mol. The summed E-state index contributed by atoms with van der Waals surface area (Å²) < 4.78 is 67.9. The first-order valence-electron chi connectivity index (χ1n) is 12.3. The number of amides is 1. The minimum absolute atomic E-state index is 0.0356. The number of halogens is 4. The zero-order valence-corrected chi connectivity index (χ0v) is 22.0. The Morgan fingerprint density at radius 2 is 1.84 bits per heavy atom. The average Bonchev–Trinajstić information content (AvgIpc) is 3.40. The molecule has 3 aromatic rings. The summed E-state index contributed by atoms with van der Waals surface area (Å²) in [6.07, 6.45) is -0.950. The molecule has 0 unspecified atom stereocenters. The van der Waals surface area contributed by atoms with Crippen molar-refractivity contribution in [3.63, 3.8) is 0 Å². The Bertz CT molecular complexity index is 1520. The summed E-state index contributed by atoms with van der Waals surface area (Å²) in [6, 6.07) is 5.61. The standard InChI is InChI=1S/C25H25ClF3N5O3S/c1-32(23(35)16-6-10-38(36,37)11-7-16)21(25(27,28)29)15-2-4-17(5-3-15)33-14-24(8-9-24)22-18(33)13-30-20-12-19(26)31-34(20)22/h2-5,12-13,16,21H,6-11,14H2,1H3/t21-/m0/s1. The van der Waals surface area contributed by atoms with Crippen molar-refractivity contribution in [2.75, 3.05) is 30.0 Å². The zero-order chi connectivity index (χ0) is 27.0. The van der Waals surface area contributed by atoms with Gasteiger partial charge in [0.05, 0.1) is 29.1 Å². The van der Waals surface area contributed by atoms with E-state index in [9.17, 15) is 26.4 Å². The van der Waals surface area contributed by atoms with Crippen molar-refractivity contribution >= 4 is 44.4 Å². The molecule has 202 valence electrons. The van der Waals surface area contributed by atoms with Crippen molar-refractivity contribution < 1.29 is 26.4 Å². The third kappa shape index (κ3) is 4.21. The minimum atomic E-state index is -4.71. The first-order valence-corrected chi connectivity index (χ1v) is 14.5. The number of nitrogens with zero attached hydrogens (tertiary/aromatic N) is 5. The van der Waals surface area contributed by atoms with Gasteiger partial charge < -0.3 is 9.80 Å². The van der Waals surface area contributed by atoms with Gasteiger partial charge in [-0.15, -0.1) is 0 Å². The van der Waals surface area contributed by atoms with Gasteiger partial charge >= 0.3 is 6.18 Å². The van der Waals surface area contributed by atoms with E-state index in [1.54, 1.807) is 28.9 Å². The van der Waals surface area contributed by atoms with Crippen LogP contribution in [0.25, 0.3) is 5.65 Å². The highest BCUT2D eigenvalue weighted by molar-refractivity contribution is 7.91. The third-order valence-corrected chi connectivity index (χ3v) is 9.91. The van der Waals surface area contributed by atoms with Gasteiger partial charge in [-0.25, -0.2) is 17.9 Å². The fourth-order valence-corrected chi connectivity index (χ4v) is 7.51. The van der Waals surface area contributed by atoms with Crippen molar-refractivity contribution in [1.29, 1.82) is 0 Å². The number of fused-ring (bicyclic) bond motifs is 4. The van der Waals surface area contributed by atoms with Gasteiger partial charge in [0.25, 0.3) is 0 Å². The van der Waals surface area contributed by atoms with Crippen LogP contribution >= 0.6 is 11.6 Å². The van der Waals surface area contributed by atoms with E-state index in [0.717, 1.165) is 31.3 Å². The summed E-state index contributed by atoms with van der Waals surface area (Å²) in [5.74, 6) is -1.81. The summed E-state index contributed by atoms with van der Waals surface area (Å²) in [5.41, 5.74) is 3.05. The van der Waals surface area contributed by atoms with Gasteiger partial charge in [-0.05, 0) is 43.4 Å². The van der Waals surface area contributed by atoms with Crippen LogP contribution in [0, 0.1) is 5.92 Å². The molecule has 1 aliphatic carbocycles. The number of carbonyl (C=O) groups is 1. The Hall–Kier alpha value is -2.86. The number of carbonyl (C=O) groups excluding carboxylic acids is 1. The Kier molecular flexibility index (Phi) is 5.73. The molecule has 1 amide bonds. The van der Waals surface area contributed by atoms with Crippen LogP contribution in [0.1, 0.15) is 43.0 Å². The fourth-order valence-electron chi connectivity index (χ4n) is 5.85. The number of hydrogen-bond acceptors (Lipinski definition) is 6. The van der Waals surface area contributed by atoms with Crippen LogP contribution in [0.2, 0.25) is 5.15 Å². The molecule has 0 bridgehead atoms. The quantitative estimate of drug-likeness (QED) is 0.463. The third-order valence-electron chi connectivity index (χ3n) is 8.01. The minimum Gasteiger partial charge on any atom is -0.338 e. The topological polar surface area (TPSA) is 87.9 Å². The molecule has 1 atom stereocenters. The Labute approximate surface area is 222 Å².